The first-order chi connectivity index (χ1) is 9.75. The Hall–Kier alpha value is -2.13. The van der Waals surface area contributed by atoms with Crippen LogP contribution in [-0.2, 0) is 11.2 Å². The van der Waals surface area contributed by atoms with Gasteiger partial charge in [-0.1, -0.05) is 62.4 Å². The number of rotatable bonds is 4. The summed E-state index contributed by atoms with van der Waals surface area (Å²) in [6.07, 6.45) is 0.541. The van der Waals surface area contributed by atoms with Crippen LogP contribution in [0, 0.1) is 0 Å². The van der Waals surface area contributed by atoms with Gasteiger partial charge in [0.25, 0.3) is 0 Å². The molecule has 0 spiro atoms. The molecule has 0 radical (unpaired) electrons. The number of hydrogen-bond donors (Lipinski definition) is 2. The van der Waals surface area contributed by atoms with E-state index in [9.17, 15) is 4.79 Å². The van der Waals surface area contributed by atoms with E-state index in [1.807, 2.05) is 74.5 Å². The van der Waals surface area contributed by atoms with Crippen LogP contribution in [0.15, 0.2) is 60.7 Å². The van der Waals surface area contributed by atoms with Gasteiger partial charge in [0.05, 0.1) is 6.04 Å². The first-order valence-electron chi connectivity index (χ1n) is 6.91. The zero-order valence-electron chi connectivity index (χ0n) is 12.0. The largest absolute Gasteiger partial charge is 0.325 e. The lowest BCUT2D eigenvalue weighted by Crippen LogP contribution is -2.37. The van der Waals surface area contributed by atoms with E-state index >= 15 is 0 Å². The van der Waals surface area contributed by atoms with Crippen LogP contribution >= 0.6 is 0 Å². The first-order valence-corrected chi connectivity index (χ1v) is 6.91. The Morgan fingerprint density at radius 2 is 1.50 bits per heavy atom. The minimum Gasteiger partial charge on any atom is -0.325 e. The predicted octanol–water partition coefficient (Wildman–Crippen LogP) is 3.22. The molecule has 0 bridgehead atoms. The van der Waals surface area contributed by atoms with Crippen molar-refractivity contribution in [3.8, 4) is 0 Å². The van der Waals surface area contributed by atoms with Crippen molar-refractivity contribution >= 4 is 11.6 Å². The molecule has 20 heavy (non-hydrogen) atoms. The van der Waals surface area contributed by atoms with Gasteiger partial charge in [-0.2, -0.15) is 0 Å². The molecular weight excluding hydrogens is 248 g/mol. The first kappa shape index (κ1) is 15.9. The molecule has 1 atom stereocenters. The van der Waals surface area contributed by atoms with Crippen LogP contribution in [0.25, 0.3) is 0 Å². The van der Waals surface area contributed by atoms with E-state index in [1.165, 1.54) is 0 Å². The highest BCUT2D eigenvalue weighted by Crippen LogP contribution is 2.07. The Labute approximate surface area is 120 Å². The Kier molecular flexibility index (Phi) is 7.07. The molecule has 1 amide bonds. The van der Waals surface area contributed by atoms with E-state index in [4.69, 9.17) is 5.73 Å². The number of para-hydroxylation sites is 1. The molecule has 3 N–H and O–H groups in total. The fourth-order valence-electron chi connectivity index (χ4n) is 1.72. The maximum Gasteiger partial charge on any atom is 0.241 e. The van der Waals surface area contributed by atoms with Crippen molar-refractivity contribution in [1.82, 2.24) is 0 Å². The molecule has 2 aromatic carbocycles. The second kappa shape index (κ2) is 8.88. The fourth-order valence-corrected chi connectivity index (χ4v) is 1.72. The minimum absolute atomic E-state index is 0.162. The molecule has 3 heteroatoms. The highest BCUT2D eigenvalue weighted by atomic mass is 16.2. The normalized spacial score (nSPS) is 10.9. The quantitative estimate of drug-likeness (QED) is 0.896. The Morgan fingerprint density at radius 3 is 2.05 bits per heavy atom. The zero-order chi connectivity index (χ0) is 14.8. The SMILES string of the molecule is CC.NC(Cc1ccccc1)C(=O)Nc1ccccc1. The summed E-state index contributed by atoms with van der Waals surface area (Å²) in [5, 5.41) is 2.80. The van der Waals surface area contributed by atoms with Gasteiger partial charge in [-0.05, 0) is 24.1 Å². The van der Waals surface area contributed by atoms with E-state index in [0.717, 1.165) is 11.3 Å². The summed E-state index contributed by atoms with van der Waals surface area (Å²) in [4.78, 5) is 11.9. The molecule has 0 heterocycles. The van der Waals surface area contributed by atoms with Gasteiger partial charge in [-0.25, -0.2) is 0 Å². The molecule has 0 fully saturated rings. The molecule has 2 aromatic rings. The Bertz CT molecular complexity index is 497. The number of anilines is 1. The van der Waals surface area contributed by atoms with Crippen LogP contribution in [0.5, 0.6) is 0 Å². The molecular formula is C17H22N2O. The smallest absolute Gasteiger partial charge is 0.241 e. The number of carbonyl (C=O) groups excluding carboxylic acids is 1. The van der Waals surface area contributed by atoms with Crippen molar-refractivity contribution in [3.63, 3.8) is 0 Å². The van der Waals surface area contributed by atoms with E-state index in [0.29, 0.717) is 6.42 Å². The topological polar surface area (TPSA) is 55.1 Å². The van der Waals surface area contributed by atoms with Gasteiger partial charge in [0.1, 0.15) is 0 Å². The van der Waals surface area contributed by atoms with Crippen LogP contribution in [0.3, 0.4) is 0 Å². The number of nitrogens with one attached hydrogen (secondary N) is 1. The summed E-state index contributed by atoms with van der Waals surface area (Å²) in [6, 6.07) is 18.6. The molecule has 0 aromatic heterocycles. The van der Waals surface area contributed by atoms with E-state index in [2.05, 4.69) is 5.32 Å². The lowest BCUT2D eigenvalue weighted by molar-refractivity contribution is -0.117. The van der Waals surface area contributed by atoms with Crippen molar-refractivity contribution in [2.24, 2.45) is 5.73 Å². The third-order valence-corrected chi connectivity index (χ3v) is 2.68. The summed E-state index contributed by atoms with van der Waals surface area (Å²) in [5.74, 6) is -0.162. The molecule has 0 saturated heterocycles. The summed E-state index contributed by atoms with van der Waals surface area (Å²) in [6.45, 7) is 4.00. The summed E-state index contributed by atoms with van der Waals surface area (Å²) in [5.41, 5.74) is 7.72. The van der Waals surface area contributed by atoms with Crippen molar-refractivity contribution in [2.75, 3.05) is 5.32 Å². The third kappa shape index (κ3) is 5.24. The standard InChI is InChI=1S/C15H16N2O.C2H6/c16-14(11-12-7-3-1-4-8-12)15(18)17-13-9-5-2-6-10-13;1-2/h1-10,14H,11,16H2,(H,17,18);1-2H3. The molecule has 0 saturated carbocycles. The molecule has 2 rings (SSSR count). The summed E-state index contributed by atoms with van der Waals surface area (Å²) >= 11 is 0. The highest BCUT2D eigenvalue weighted by molar-refractivity contribution is 5.94. The van der Waals surface area contributed by atoms with Gasteiger partial charge in [0.15, 0.2) is 0 Å². The third-order valence-electron chi connectivity index (χ3n) is 2.68. The lowest BCUT2D eigenvalue weighted by Gasteiger charge is -2.12. The Balaban J connectivity index is 0.000000956. The van der Waals surface area contributed by atoms with Crippen molar-refractivity contribution in [2.45, 2.75) is 26.3 Å². The van der Waals surface area contributed by atoms with Crippen LogP contribution in [0.2, 0.25) is 0 Å². The average molecular weight is 270 g/mol. The van der Waals surface area contributed by atoms with Crippen LogP contribution in [0.4, 0.5) is 5.69 Å². The van der Waals surface area contributed by atoms with Crippen molar-refractivity contribution in [3.05, 3.63) is 66.2 Å². The number of hydrogen-bond acceptors (Lipinski definition) is 2. The van der Waals surface area contributed by atoms with Crippen molar-refractivity contribution < 1.29 is 4.79 Å². The highest BCUT2D eigenvalue weighted by Gasteiger charge is 2.13. The number of nitrogens with two attached hydrogens (primary N) is 1. The molecule has 0 aliphatic heterocycles. The van der Waals surface area contributed by atoms with Crippen LogP contribution < -0.4 is 11.1 Å². The molecule has 0 aliphatic rings. The van der Waals surface area contributed by atoms with E-state index in [-0.39, 0.29) is 5.91 Å². The van der Waals surface area contributed by atoms with Gasteiger partial charge < -0.3 is 11.1 Å². The van der Waals surface area contributed by atoms with Crippen LogP contribution in [0.1, 0.15) is 19.4 Å². The molecule has 1 unspecified atom stereocenters. The average Bonchev–Trinajstić information content (AvgIpc) is 2.51. The van der Waals surface area contributed by atoms with Gasteiger partial charge >= 0.3 is 0 Å². The van der Waals surface area contributed by atoms with Crippen molar-refractivity contribution in [1.29, 1.82) is 0 Å². The molecule has 106 valence electrons. The molecule has 0 aliphatic carbocycles. The van der Waals surface area contributed by atoms with Gasteiger partial charge in [-0.3, -0.25) is 4.79 Å². The monoisotopic (exact) mass is 270 g/mol. The summed E-state index contributed by atoms with van der Waals surface area (Å²) < 4.78 is 0. The second-order valence-corrected chi connectivity index (χ2v) is 4.15. The molecule has 3 nitrogen and oxygen atoms in total. The van der Waals surface area contributed by atoms with Crippen LogP contribution in [-0.4, -0.2) is 11.9 Å². The zero-order valence-corrected chi connectivity index (χ0v) is 12.0. The van der Waals surface area contributed by atoms with Gasteiger partial charge in [0, 0.05) is 5.69 Å². The maximum absolute atomic E-state index is 11.9. The van der Waals surface area contributed by atoms with E-state index < -0.39 is 6.04 Å². The number of benzene rings is 2. The fraction of sp³-hybridized carbons (Fsp3) is 0.235. The summed E-state index contributed by atoms with van der Waals surface area (Å²) in [7, 11) is 0. The Morgan fingerprint density at radius 1 is 1.00 bits per heavy atom. The van der Waals surface area contributed by atoms with Gasteiger partial charge in [0.2, 0.25) is 5.91 Å². The minimum atomic E-state index is -0.535. The second-order valence-electron chi connectivity index (χ2n) is 4.15. The number of amides is 1. The number of carbonyl (C=O) groups is 1. The van der Waals surface area contributed by atoms with Gasteiger partial charge in [-0.15, -0.1) is 0 Å². The maximum atomic E-state index is 11.9. The lowest BCUT2D eigenvalue weighted by atomic mass is 10.1. The van der Waals surface area contributed by atoms with E-state index in [1.54, 1.807) is 0 Å². The predicted molar refractivity (Wildman–Crippen MR) is 84.5 cm³/mol.